The van der Waals surface area contributed by atoms with Gasteiger partial charge in [0.1, 0.15) is 0 Å². The van der Waals surface area contributed by atoms with Crippen LogP contribution in [0.5, 0.6) is 0 Å². The van der Waals surface area contributed by atoms with Gasteiger partial charge in [0, 0.05) is 11.6 Å². The standard InChI is InChI=1S/C11H11ClN2O2S/c1-8-5-11(4-3-10(8)6-13)17(15,16)14-7-9(2)12/h3-5,14H,2,7H2,1H3. The van der Waals surface area contributed by atoms with Gasteiger partial charge in [0.25, 0.3) is 0 Å². The van der Waals surface area contributed by atoms with E-state index >= 15 is 0 Å². The molecule has 4 nitrogen and oxygen atoms in total. The van der Waals surface area contributed by atoms with E-state index in [0.29, 0.717) is 11.1 Å². The highest BCUT2D eigenvalue weighted by Gasteiger charge is 2.14. The zero-order valence-corrected chi connectivity index (χ0v) is 10.8. The van der Waals surface area contributed by atoms with Gasteiger partial charge in [-0.05, 0) is 30.7 Å². The molecule has 17 heavy (non-hydrogen) atoms. The summed E-state index contributed by atoms with van der Waals surface area (Å²) in [6.45, 7) is 5.05. The zero-order valence-electron chi connectivity index (χ0n) is 9.20. The summed E-state index contributed by atoms with van der Waals surface area (Å²) in [6.07, 6.45) is 0. The van der Waals surface area contributed by atoms with Crippen LogP contribution in [0.25, 0.3) is 0 Å². The summed E-state index contributed by atoms with van der Waals surface area (Å²) in [5.41, 5.74) is 1.06. The van der Waals surface area contributed by atoms with Gasteiger partial charge in [-0.1, -0.05) is 18.2 Å². The quantitative estimate of drug-likeness (QED) is 0.908. The van der Waals surface area contributed by atoms with Crippen molar-refractivity contribution in [1.29, 1.82) is 5.26 Å². The smallest absolute Gasteiger partial charge is 0.207 e. The normalized spacial score (nSPS) is 10.9. The molecule has 0 aliphatic rings. The van der Waals surface area contributed by atoms with Crippen LogP contribution >= 0.6 is 11.6 Å². The molecule has 1 rings (SSSR count). The molecule has 0 unspecified atom stereocenters. The fourth-order valence-electron chi connectivity index (χ4n) is 1.19. The number of nitriles is 1. The van der Waals surface area contributed by atoms with Gasteiger partial charge in [0.15, 0.2) is 0 Å². The molecule has 1 N–H and O–H groups in total. The molecule has 0 aliphatic carbocycles. The molecule has 0 atom stereocenters. The van der Waals surface area contributed by atoms with Crippen molar-refractivity contribution < 1.29 is 8.42 Å². The first-order chi connectivity index (χ1) is 7.86. The lowest BCUT2D eigenvalue weighted by molar-refractivity contribution is 0.585. The third-order valence-corrected chi connectivity index (χ3v) is 3.62. The Hall–Kier alpha value is -1.35. The van der Waals surface area contributed by atoms with E-state index in [9.17, 15) is 8.42 Å². The van der Waals surface area contributed by atoms with Crippen molar-refractivity contribution >= 4 is 21.6 Å². The Kier molecular flexibility index (Phi) is 4.29. The molecule has 0 amide bonds. The fourth-order valence-corrected chi connectivity index (χ4v) is 2.44. The highest BCUT2D eigenvalue weighted by atomic mass is 35.5. The van der Waals surface area contributed by atoms with Crippen LogP contribution in [0.1, 0.15) is 11.1 Å². The minimum atomic E-state index is -3.61. The number of benzene rings is 1. The third kappa shape index (κ3) is 3.56. The van der Waals surface area contributed by atoms with Crippen LogP contribution in [0, 0.1) is 18.3 Å². The summed E-state index contributed by atoms with van der Waals surface area (Å²) in [6, 6.07) is 6.27. The van der Waals surface area contributed by atoms with E-state index in [1.807, 2.05) is 6.07 Å². The largest absolute Gasteiger partial charge is 0.240 e. The van der Waals surface area contributed by atoms with Gasteiger partial charge in [-0.2, -0.15) is 5.26 Å². The van der Waals surface area contributed by atoms with Crippen molar-refractivity contribution in [2.45, 2.75) is 11.8 Å². The molecule has 0 radical (unpaired) electrons. The first kappa shape index (κ1) is 13.7. The summed E-state index contributed by atoms with van der Waals surface area (Å²) in [5, 5.41) is 8.95. The van der Waals surface area contributed by atoms with E-state index in [1.165, 1.54) is 18.2 Å². The van der Waals surface area contributed by atoms with E-state index in [0.717, 1.165) is 0 Å². The number of hydrogen-bond donors (Lipinski definition) is 1. The van der Waals surface area contributed by atoms with E-state index in [2.05, 4.69) is 11.3 Å². The van der Waals surface area contributed by atoms with Gasteiger partial charge in [0.05, 0.1) is 16.5 Å². The maximum absolute atomic E-state index is 11.8. The number of hydrogen-bond acceptors (Lipinski definition) is 3. The van der Waals surface area contributed by atoms with Gasteiger partial charge < -0.3 is 0 Å². The Balaban J connectivity index is 3.05. The van der Waals surface area contributed by atoms with Crippen molar-refractivity contribution in [3.8, 4) is 6.07 Å². The first-order valence-corrected chi connectivity index (χ1v) is 6.56. The van der Waals surface area contributed by atoms with Crippen LogP contribution in [-0.4, -0.2) is 15.0 Å². The van der Waals surface area contributed by atoms with Crippen LogP contribution in [-0.2, 0) is 10.0 Å². The Labute approximate surface area is 106 Å². The molecule has 1 aromatic carbocycles. The summed E-state index contributed by atoms with van der Waals surface area (Å²) in [7, 11) is -3.61. The van der Waals surface area contributed by atoms with Gasteiger partial charge in [-0.15, -0.1) is 0 Å². The number of aryl methyl sites for hydroxylation is 1. The molecular formula is C11H11ClN2O2S. The van der Waals surface area contributed by atoms with Gasteiger partial charge in [-0.3, -0.25) is 0 Å². The minimum Gasteiger partial charge on any atom is -0.207 e. The molecule has 0 fully saturated rings. The molecule has 0 saturated heterocycles. The van der Waals surface area contributed by atoms with Crippen LogP contribution < -0.4 is 4.72 Å². The van der Waals surface area contributed by atoms with Crippen LogP contribution in [0.15, 0.2) is 34.7 Å². The first-order valence-electron chi connectivity index (χ1n) is 4.70. The van der Waals surface area contributed by atoms with Crippen molar-refractivity contribution in [1.82, 2.24) is 4.72 Å². The lowest BCUT2D eigenvalue weighted by Crippen LogP contribution is -2.24. The number of halogens is 1. The molecule has 90 valence electrons. The van der Waals surface area contributed by atoms with Gasteiger partial charge in [-0.25, -0.2) is 13.1 Å². The molecular weight excluding hydrogens is 260 g/mol. The molecule has 0 bridgehead atoms. The van der Waals surface area contributed by atoms with E-state index in [-0.39, 0.29) is 16.5 Å². The van der Waals surface area contributed by atoms with Crippen LogP contribution in [0.4, 0.5) is 0 Å². The average Bonchev–Trinajstić information content (AvgIpc) is 2.26. The predicted molar refractivity (Wildman–Crippen MR) is 66.1 cm³/mol. The summed E-state index contributed by atoms with van der Waals surface area (Å²) in [5.74, 6) is 0. The molecule has 0 saturated carbocycles. The van der Waals surface area contributed by atoms with Gasteiger partial charge >= 0.3 is 0 Å². The molecule has 0 aliphatic heterocycles. The van der Waals surface area contributed by atoms with Crippen LogP contribution in [0.2, 0.25) is 0 Å². The van der Waals surface area contributed by atoms with Gasteiger partial charge in [0.2, 0.25) is 10.0 Å². The molecule has 1 aromatic rings. The lowest BCUT2D eigenvalue weighted by Gasteiger charge is -2.07. The van der Waals surface area contributed by atoms with E-state index in [1.54, 1.807) is 6.92 Å². The molecule has 0 heterocycles. The maximum atomic E-state index is 11.8. The summed E-state index contributed by atoms with van der Waals surface area (Å²) in [4.78, 5) is 0.104. The Morgan fingerprint density at radius 2 is 2.24 bits per heavy atom. The SMILES string of the molecule is C=C(Cl)CNS(=O)(=O)c1ccc(C#N)c(C)c1. The lowest BCUT2D eigenvalue weighted by atomic mass is 10.1. The predicted octanol–water partition coefficient (Wildman–Crippen LogP) is 1.90. The van der Waals surface area contributed by atoms with E-state index in [4.69, 9.17) is 16.9 Å². The summed E-state index contributed by atoms with van der Waals surface area (Å²) >= 11 is 5.49. The Morgan fingerprint density at radius 3 is 2.71 bits per heavy atom. The topological polar surface area (TPSA) is 70.0 Å². The second-order valence-electron chi connectivity index (χ2n) is 3.43. The van der Waals surface area contributed by atoms with Crippen molar-refractivity contribution in [3.63, 3.8) is 0 Å². The number of rotatable bonds is 4. The Morgan fingerprint density at radius 1 is 1.59 bits per heavy atom. The second-order valence-corrected chi connectivity index (χ2v) is 5.73. The number of nitrogens with zero attached hydrogens (tertiary/aromatic N) is 1. The molecule has 0 aromatic heterocycles. The minimum absolute atomic E-state index is 0.0249. The molecule has 6 heteroatoms. The highest BCUT2D eigenvalue weighted by Crippen LogP contribution is 2.14. The maximum Gasteiger partial charge on any atom is 0.240 e. The summed E-state index contributed by atoms with van der Waals surface area (Å²) < 4.78 is 25.9. The second kappa shape index (κ2) is 5.32. The zero-order chi connectivity index (χ0) is 13.1. The van der Waals surface area contributed by atoms with Crippen molar-refractivity contribution in [2.75, 3.05) is 6.54 Å². The number of nitrogens with one attached hydrogen (secondary N) is 1. The Bertz CT molecular complexity index is 588. The van der Waals surface area contributed by atoms with Crippen molar-refractivity contribution in [3.05, 3.63) is 40.9 Å². The average molecular weight is 271 g/mol. The third-order valence-electron chi connectivity index (χ3n) is 2.08. The van der Waals surface area contributed by atoms with Crippen molar-refractivity contribution in [2.24, 2.45) is 0 Å². The molecule has 0 spiro atoms. The van der Waals surface area contributed by atoms with E-state index < -0.39 is 10.0 Å². The van der Waals surface area contributed by atoms with Crippen LogP contribution in [0.3, 0.4) is 0 Å². The highest BCUT2D eigenvalue weighted by molar-refractivity contribution is 7.89. The number of sulfonamides is 1. The monoisotopic (exact) mass is 270 g/mol. The fraction of sp³-hybridized carbons (Fsp3) is 0.182.